The molecule has 172 valence electrons. The lowest BCUT2D eigenvalue weighted by molar-refractivity contribution is -0.130. The van der Waals surface area contributed by atoms with Gasteiger partial charge in [0.2, 0.25) is 5.91 Å². The molecular formula is C24H19FN4O5. The van der Waals surface area contributed by atoms with Crippen LogP contribution in [0.1, 0.15) is 16.8 Å². The minimum atomic E-state index is -1.39. The summed E-state index contributed by atoms with van der Waals surface area (Å²) in [7, 11) is 0. The highest BCUT2D eigenvalue weighted by Crippen LogP contribution is 2.28. The van der Waals surface area contributed by atoms with Gasteiger partial charge < -0.3 is 4.74 Å². The quantitative estimate of drug-likeness (QED) is 0.444. The number of anilines is 1. The van der Waals surface area contributed by atoms with Gasteiger partial charge in [-0.15, -0.1) is 0 Å². The number of aromatic nitrogens is 1. The summed E-state index contributed by atoms with van der Waals surface area (Å²) >= 11 is 0. The summed E-state index contributed by atoms with van der Waals surface area (Å²) in [4.78, 5) is 56.1. The van der Waals surface area contributed by atoms with Crippen LogP contribution >= 0.6 is 0 Å². The number of halogens is 1. The summed E-state index contributed by atoms with van der Waals surface area (Å²) in [6, 6.07) is 15.4. The van der Waals surface area contributed by atoms with Crippen molar-refractivity contribution in [2.75, 3.05) is 11.5 Å². The number of carbonyl (C=O) groups excluding carboxylic acids is 4. The second-order valence-electron chi connectivity index (χ2n) is 7.29. The lowest BCUT2D eigenvalue weighted by Crippen LogP contribution is -2.55. The van der Waals surface area contributed by atoms with Crippen LogP contribution in [0, 0.1) is 5.82 Å². The molecule has 0 saturated carbocycles. The Hall–Kier alpha value is -4.60. The number of nitrogens with zero attached hydrogens (tertiary/aromatic N) is 3. The van der Waals surface area contributed by atoms with Gasteiger partial charge >= 0.3 is 0 Å². The Balaban J connectivity index is 1.58. The van der Waals surface area contributed by atoms with Gasteiger partial charge in [0.15, 0.2) is 6.61 Å². The Morgan fingerprint density at radius 1 is 1.06 bits per heavy atom. The van der Waals surface area contributed by atoms with E-state index in [0.717, 1.165) is 11.1 Å². The smallest absolute Gasteiger partial charge is 0.276 e. The number of rotatable bonds is 6. The summed E-state index contributed by atoms with van der Waals surface area (Å²) < 4.78 is 19.7. The fraction of sp³-hybridized carbons (Fsp3) is 0.125. The van der Waals surface area contributed by atoms with Crippen LogP contribution in [0.15, 0.2) is 79.1 Å². The molecule has 1 N–H and O–H groups in total. The van der Waals surface area contributed by atoms with Crippen molar-refractivity contribution in [2.24, 2.45) is 0 Å². The van der Waals surface area contributed by atoms with Crippen LogP contribution < -0.4 is 15.1 Å². The predicted octanol–water partition coefficient (Wildman–Crippen LogP) is 2.11. The van der Waals surface area contributed by atoms with E-state index in [1.807, 2.05) is 0 Å². The molecule has 3 aromatic rings. The van der Waals surface area contributed by atoms with Crippen LogP contribution in [0.3, 0.4) is 0 Å². The van der Waals surface area contributed by atoms with E-state index in [4.69, 9.17) is 4.74 Å². The third kappa shape index (κ3) is 4.75. The van der Waals surface area contributed by atoms with Crippen LogP contribution in [0.25, 0.3) is 0 Å². The maximum Gasteiger partial charge on any atom is 0.276 e. The second kappa shape index (κ2) is 9.90. The number of pyridine rings is 1. The number of nitrogens with one attached hydrogen (secondary N) is 1. The van der Waals surface area contributed by atoms with E-state index >= 15 is 0 Å². The molecule has 0 radical (unpaired) electrons. The van der Waals surface area contributed by atoms with E-state index in [2.05, 4.69) is 10.4 Å². The van der Waals surface area contributed by atoms with Gasteiger partial charge in [0.05, 0.1) is 17.7 Å². The van der Waals surface area contributed by atoms with Crippen molar-refractivity contribution in [1.29, 1.82) is 0 Å². The van der Waals surface area contributed by atoms with Gasteiger partial charge in [0, 0.05) is 12.4 Å². The van der Waals surface area contributed by atoms with E-state index in [1.54, 1.807) is 30.3 Å². The summed E-state index contributed by atoms with van der Waals surface area (Å²) in [5.41, 5.74) is 2.21. The molecule has 10 heteroatoms. The highest BCUT2D eigenvalue weighted by Gasteiger charge is 2.46. The average Bonchev–Trinajstić information content (AvgIpc) is 3.15. The zero-order valence-corrected chi connectivity index (χ0v) is 17.8. The van der Waals surface area contributed by atoms with E-state index in [9.17, 15) is 23.6 Å². The van der Waals surface area contributed by atoms with Crippen LogP contribution in [0.5, 0.6) is 5.75 Å². The maximum absolute atomic E-state index is 14.3. The Labute approximate surface area is 193 Å². The zero-order valence-electron chi connectivity index (χ0n) is 17.8. The van der Waals surface area contributed by atoms with Gasteiger partial charge in [-0.25, -0.2) is 14.3 Å². The first kappa shape index (κ1) is 22.6. The maximum atomic E-state index is 14.3. The van der Waals surface area contributed by atoms with Gasteiger partial charge in [-0.2, -0.15) is 0 Å². The highest BCUT2D eigenvalue weighted by molar-refractivity contribution is 6.23. The van der Waals surface area contributed by atoms with Gasteiger partial charge in [0.1, 0.15) is 17.6 Å². The molecule has 1 atom stereocenters. The molecule has 2 aromatic carbocycles. The van der Waals surface area contributed by atoms with Gasteiger partial charge in [0.25, 0.3) is 17.7 Å². The predicted molar refractivity (Wildman–Crippen MR) is 118 cm³/mol. The summed E-state index contributed by atoms with van der Waals surface area (Å²) in [5.74, 6) is -3.39. The number of benzene rings is 2. The standard InChI is InChI=1S/C24H19FN4O5/c25-18-10-4-5-11-19(18)28-22(31)13-20(24(28)33)29(23(32)16-7-6-12-26-14-16)27-21(30)15-34-17-8-2-1-3-9-17/h1-12,14,20H,13,15H2,(H,27,30). The zero-order chi connectivity index (χ0) is 24.1. The van der Waals surface area contributed by atoms with Gasteiger partial charge in [-0.05, 0) is 36.4 Å². The van der Waals surface area contributed by atoms with Crippen LogP contribution in [-0.4, -0.2) is 46.3 Å². The SMILES string of the molecule is O=C(COc1ccccc1)NN(C(=O)c1cccnc1)C1CC(=O)N(c2ccccc2F)C1=O. The molecule has 9 nitrogen and oxygen atoms in total. The Bertz CT molecular complexity index is 1220. The Kier molecular flexibility index (Phi) is 6.58. The number of hydrazine groups is 1. The lowest BCUT2D eigenvalue weighted by Gasteiger charge is -2.27. The third-order valence-corrected chi connectivity index (χ3v) is 5.01. The molecule has 1 aliphatic heterocycles. The number of carbonyl (C=O) groups is 4. The van der Waals surface area contributed by atoms with Crippen molar-refractivity contribution >= 4 is 29.3 Å². The summed E-state index contributed by atoms with van der Waals surface area (Å²) in [6.07, 6.45) is 2.27. The molecule has 0 bridgehead atoms. The van der Waals surface area contributed by atoms with Crippen LogP contribution in [0.2, 0.25) is 0 Å². The monoisotopic (exact) mass is 462 g/mol. The molecule has 1 aliphatic rings. The topological polar surface area (TPSA) is 109 Å². The number of ether oxygens (including phenoxy) is 1. The van der Waals surface area contributed by atoms with Crippen molar-refractivity contribution in [3.63, 3.8) is 0 Å². The molecule has 2 heterocycles. The third-order valence-electron chi connectivity index (χ3n) is 5.01. The molecule has 1 unspecified atom stereocenters. The molecule has 1 fully saturated rings. The molecular weight excluding hydrogens is 443 g/mol. The number of hydrogen-bond acceptors (Lipinski definition) is 6. The first-order chi connectivity index (χ1) is 16.5. The second-order valence-corrected chi connectivity index (χ2v) is 7.29. The minimum absolute atomic E-state index is 0.0800. The number of hydrogen-bond donors (Lipinski definition) is 1. The fourth-order valence-corrected chi connectivity index (χ4v) is 3.43. The van der Waals surface area contributed by atoms with E-state index in [-0.39, 0.29) is 11.3 Å². The normalized spacial score (nSPS) is 15.2. The molecule has 1 aromatic heterocycles. The Morgan fingerprint density at radius 2 is 1.79 bits per heavy atom. The average molecular weight is 462 g/mol. The van der Waals surface area contributed by atoms with Gasteiger partial charge in [-0.1, -0.05) is 30.3 Å². The van der Waals surface area contributed by atoms with Crippen molar-refractivity contribution in [3.8, 4) is 5.75 Å². The van der Waals surface area contributed by atoms with Crippen LogP contribution in [0.4, 0.5) is 10.1 Å². The molecule has 4 amide bonds. The molecule has 0 spiro atoms. The first-order valence-corrected chi connectivity index (χ1v) is 10.3. The molecule has 4 rings (SSSR count). The molecule has 1 saturated heterocycles. The summed E-state index contributed by atoms with van der Waals surface area (Å²) in [5, 5.41) is 0.773. The Morgan fingerprint density at radius 3 is 2.50 bits per heavy atom. The van der Waals surface area contributed by atoms with Crippen molar-refractivity contribution < 1.29 is 28.3 Å². The molecule has 34 heavy (non-hydrogen) atoms. The van der Waals surface area contributed by atoms with E-state index in [0.29, 0.717) is 10.6 Å². The van der Waals surface area contributed by atoms with E-state index in [1.165, 1.54) is 42.7 Å². The summed E-state index contributed by atoms with van der Waals surface area (Å²) in [6.45, 7) is -0.452. The largest absolute Gasteiger partial charge is 0.484 e. The molecule has 0 aliphatic carbocycles. The number of imide groups is 1. The highest BCUT2D eigenvalue weighted by atomic mass is 19.1. The lowest BCUT2D eigenvalue weighted by atomic mass is 10.2. The van der Waals surface area contributed by atoms with Crippen molar-refractivity contribution in [1.82, 2.24) is 15.4 Å². The fourth-order valence-electron chi connectivity index (χ4n) is 3.43. The van der Waals surface area contributed by atoms with Gasteiger partial charge in [-0.3, -0.25) is 29.6 Å². The number of amides is 4. The van der Waals surface area contributed by atoms with Crippen molar-refractivity contribution in [2.45, 2.75) is 12.5 Å². The minimum Gasteiger partial charge on any atom is -0.484 e. The van der Waals surface area contributed by atoms with Crippen LogP contribution in [-0.2, 0) is 14.4 Å². The van der Waals surface area contributed by atoms with E-state index < -0.39 is 48.5 Å². The first-order valence-electron chi connectivity index (χ1n) is 10.3. The number of para-hydroxylation sites is 2. The van der Waals surface area contributed by atoms with Crippen molar-refractivity contribution in [3.05, 3.63) is 90.5 Å².